The molecule has 1 rings (SSSR count). The van der Waals surface area contributed by atoms with Crippen LogP contribution in [0.4, 0.5) is 5.69 Å². The van der Waals surface area contributed by atoms with Crippen LogP contribution in [0.2, 0.25) is 0 Å². The summed E-state index contributed by atoms with van der Waals surface area (Å²) in [6, 6.07) is 6.13. The summed E-state index contributed by atoms with van der Waals surface area (Å²) in [6.07, 6.45) is 2.47. The van der Waals surface area contributed by atoms with Crippen molar-refractivity contribution in [1.29, 1.82) is 0 Å². The zero-order chi connectivity index (χ0) is 10.4. The average molecular weight is 189 g/mol. The predicted molar refractivity (Wildman–Crippen MR) is 50.1 cm³/mol. The lowest BCUT2D eigenvalue weighted by Gasteiger charge is -1.99. The van der Waals surface area contributed by atoms with E-state index in [1.807, 2.05) is 0 Å². The maximum Gasteiger partial charge on any atom is 0.335 e. The molecule has 4 heteroatoms. The van der Waals surface area contributed by atoms with Crippen molar-refractivity contribution in [1.82, 2.24) is 0 Å². The molecule has 0 spiro atoms. The summed E-state index contributed by atoms with van der Waals surface area (Å²) in [5.41, 5.74) is 0.457. The van der Waals surface area contributed by atoms with Crippen LogP contribution in [-0.2, 0) is 9.59 Å². The Morgan fingerprint density at radius 3 is 2.57 bits per heavy atom. The lowest BCUT2D eigenvalue weighted by molar-refractivity contribution is -0.128. The minimum Gasteiger partial charge on any atom is -0.423 e. The number of carbonyl (C=O) groups is 1. The standard InChI is InChI=1S/C10H7NO3/c1-2-10(13)14-9-5-3-8(4-6-9)11-7-12/h2-6H,1H2. The molecule has 0 heterocycles. The van der Waals surface area contributed by atoms with E-state index in [9.17, 15) is 9.59 Å². The molecule has 0 amide bonds. The smallest absolute Gasteiger partial charge is 0.335 e. The van der Waals surface area contributed by atoms with Crippen LogP contribution < -0.4 is 4.74 Å². The van der Waals surface area contributed by atoms with E-state index in [0.29, 0.717) is 11.4 Å². The normalized spacial score (nSPS) is 8.57. The molecule has 0 aliphatic rings. The Kier molecular flexibility index (Phi) is 3.35. The number of ether oxygens (including phenoxy) is 1. The highest BCUT2D eigenvalue weighted by Crippen LogP contribution is 2.17. The van der Waals surface area contributed by atoms with Gasteiger partial charge in [0.05, 0.1) is 5.69 Å². The molecule has 0 unspecified atom stereocenters. The molecule has 70 valence electrons. The molecule has 0 aliphatic heterocycles. The van der Waals surface area contributed by atoms with Gasteiger partial charge >= 0.3 is 5.97 Å². The van der Waals surface area contributed by atoms with Crippen LogP contribution in [-0.4, -0.2) is 12.0 Å². The summed E-state index contributed by atoms with van der Waals surface area (Å²) < 4.78 is 4.80. The van der Waals surface area contributed by atoms with Gasteiger partial charge in [0.1, 0.15) is 5.75 Å². The Labute approximate surface area is 80.5 Å². The van der Waals surface area contributed by atoms with Crippen LogP contribution in [0.5, 0.6) is 5.75 Å². The van der Waals surface area contributed by atoms with Crippen molar-refractivity contribution < 1.29 is 14.3 Å². The molecule has 14 heavy (non-hydrogen) atoms. The van der Waals surface area contributed by atoms with Crippen LogP contribution in [0.25, 0.3) is 0 Å². The van der Waals surface area contributed by atoms with Gasteiger partial charge in [-0.15, -0.1) is 0 Å². The van der Waals surface area contributed by atoms with Crippen molar-refractivity contribution >= 4 is 17.7 Å². The lowest BCUT2D eigenvalue weighted by atomic mass is 10.3. The molecule has 0 aliphatic carbocycles. The van der Waals surface area contributed by atoms with Gasteiger partial charge in [-0.2, -0.15) is 4.99 Å². The van der Waals surface area contributed by atoms with E-state index in [4.69, 9.17) is 4.74 Å². The third-order valence-electron chi connectivity index (χ3n) is 1.40. The largest absolute Gasteiger partial charge is 0.423 e. The zero-order valence-electron chi connectivity index (χ0n) is 7.27. The summed E-state index contributed by atoms with van der Waals surface area (Å²) in [7, 11) is 0. The molecular formula is C10H7NO3. The number of aliphatic imine (C=N–C) groups is 1. The van der Waals surface area contributed by atoms with Gasteiger partial charge in [0.15, 0.2) is 0 Å². The van der Waals surface area contributed by atoms with E-state index in [1.54, 1.807) is 0 Å². The average Bonchev–Trinajstić information content (AvgIpc) is 2.21. The minimum absolute atomic E-state index is 0.375. The molecule has 1 aromatic rings. The van der Waals surface area contributed by atoms with Gasteiger partial charge in [-0.1, -0.05) is 6.58 Å². The van der Waals surface area contributed by atoms with E-state index in [2.05, 4.69) is 11.6 Å². The molecule has 1 aromatic carbocycles. The number of carbonyl (C=O) groups excluding carboxylic acids is 2. The zero-order valence-corrected chi connectivity index (χ0v) is 7.27. The van der Waals surface area contributed by atoms with Gasteiger partial charge in [-0.25, -0.2) is 9.59 Å². The van der Waals surface area contributed by atoms with Gasteiger partial charge in [-0.3, -0.25) is 0 Å². The van der Waals surface area contributed by atoms with Crippen LogP contribution in [0.1, 0.15) is 0 Å². The highest BCUT2D eigenvalue weighted by Gasteiger charge is 1.98. The first-order valence-corrected chi connectivity index (χ1v) is 3.78. The van der Waals surface area contributed by atoms with Crippen molar-refractivity contribution in [2.45, 2.75) is 0 Å². The van der Waals surface area contributed by atoms with Gasteiger partial charge in [0, 0.05) is 6.08 Å². The summed E-state index contributed by atoms with van der Waals surface area (Å²) >= 11 is 0. The fourth-order valence-corrected chi connectivity index (χ4v) is 0.799. The van der Waals surface area contributed by atoms with Crippen LogP contribution >= 0.6 is 0 Å². The maximum atomic E-state index is 10.8. The highest BCUT2D eigenvalue weighted by atomic mass is 16.5. The number of benzene rings is 1. The Bertz CT molecular complexity index is 388. The second-order valence-electron chi connectivity index (χ2n) is 2.32. The van der Waals surface area contributed by atoms with Gasteiger partial charge in [0.25, 0.3) is 0 Å². The second kappa shape index (κ2) is 4.74. The predicted octanol–water partition coefficient (Wildman–Crippen LogP) is 1.75. The second-order valence-corrected chi connectivity index (χ2v) is 2.32. The Balaban J connectivity index is 2.77. The number of esters is 1. The monoisotopic (exact) mass is 189 g/mol. The van der Waals surface area contributed by atoms with Crippen molar-refractivity contribution in [3.05, 3.63) is 36.9 Å². The first-order chi connectivity index (χ1) is 6.76. The summed E-state index contributed by atoms with van der Waals surface area (Å²) in [6.45, 7) is 3.26. The molecule has 0 bridgehead atoms. The minimum atomic E-state index is -0.531. The molecule has 0 saturated carbocycles. The molecule has 0 saturated heterocycles. The summed E-state index contributed by atoms with van der Waals surface area (Å²) in [4.78, 5) is 24.0. The Hall–Kier alpha value is -2.19. The van der Waals surface area contributed by atoms with Crippen molar-refractivity contribution in [3.63, 3.8) is 0 Å². The van der Waals surface area contributed by atoms with Crippen LogP contribution in [0.15, 0.2) is 41.9 Å². The number of hydrogen-bond acceptors (Lipinski definition) is 4. The van der Waals surface area contributed by atoms with E-state index < -0.39 is 5.97 Å². The molecule has 0 N–H and O–H groups in total. The van der Waals surface area contributed by atoms with Gasteiger partial charge in [-0.05, 0) is 24.3 Å². The van der Waals surface area contributed by atoms with Crippen LogP contribution in [0, 0.1) is 0 Å². The fourth-order valence-electron chi connectivity index (χ4n) is 0.799. The third kappa shape index (κ3) is 2.69. The number of rotatable bonds is 3. The maximum absolute atomic E-state index is 10.8. The number of hydrogen-bond donors (Lipinski definition) is 0. The quantitative estimate of drug-likeness (QED) is 0.239. The van der Waals surface area contributed by atoms with Crippen molar-refractivity contribution in [2.24, 2.45) is 4.99 Å². The molecular weight excluding hydrogens is 182 g/mol. The first kappa shape index (κ1) is 9.89. The highest BCUT2D eigenvalue weighted by molar-refractivity contribution is 5.83. The van der Waals surface area contributed by atoms with E-state index in [1.165, 1.54) is 30.3 Å². The summed E-state index contributed by atoms with van der Waals surface area (Å²) in [5.74, 6) is -0.156. The van der Waals surface area contributed by atoms with E-state index in [0.717, 1.165) is 6.08 Å². The molecule has 0 atom stereocenters. The molecule has 0 aromatic heterocycles. The SMILES string of the molecule is C=CC(=O)Oc1ccc(N=C=O)cc1. The lowest BCUT2D eigenvalue weighted by Crippen LogP contribution is -2.02. The molecule has 0 radical (unpaired) electrons. The topological polar surface area (TPSA) is 55.7 Å². The van der Waals surface area contributed by atoms with E-state index in [-0.39, 0.29) is 0 Å². The summed E-state index contributed by atoms with van der Waals surface area (Å²) in [5, 5.41) is 0. The number of nitrogens with zero attached hydrogens (tertiary/aromatic N) is 1. The Morgan fingerprint density at radius 1 is 1.43 bits per heavy atom. The third-order valence-corrected chi connectivity index (χ3v) is 1.40. The van der Waals surface area contributed by atoms with E-state index >= 15 is 0 Å². The van der Waals surface area contributed by atoms with Gasteiger partial charge < -0.3 is 4.74 Å². The van der Waals surface area contributed by atoms with Gasteiger partial charge in [0.2, 0.25) is 6.08 Å². The first-order valence-electron chi connectivity index (χ1n) is 3.78. The van der Waals surface area contributed by atoms with Crippen LogP contribution in [0.3, 0.4) is 0 Å². The molecule has 0 fully saturated rings. The Morgan fingerprint density at radius 2 is 2.07 bits per heavy atom. The van der Waals surface area contributed by atoms with Crippen molar-refractivity contribution in [3.8, 4) is 5.75 Å². The fraction of sp³-hybridized carbons (Fsp3) is 0. The molecule has 4 nitrogen and oxygen atoms in total. The van der Waals surface area contributed by atoms with Crippen molar-refractivity contribution in [2.75, 3.05) is 0 Å². The number of isocyanates is 1.